The fraction of sp³-hybridized carbons (Fsp3) is 0.150. The van der Waals surface area contributed by atoms with Gasteiger partial charge in [-0.25, -0.2) is 4.39 Å². The molecule has 1 saturated heterocycles. The topological polar surface area (TPSA) is 96.0 Å². The second kappa shape index (κ2) is 9.19. The predicted molar refractivity (Wildman–Crippen MR) is 106 cm³/mol. The minimum absolute atomic E-state index is 0.0162. The maximum atomic E-state index is 13.0. The molecule has 3 rings (SSSR count). The van der Waals surface area contributed by atoms with Gasteiger partial charge < -0.3 is 19.4 Å². The molecule has 0 radical (unpaired) electrons. The third-order valence-corrected chi connectivity index (χ3v) is 5.20. The van der Waals surface area contributed by atoms with Gasteiger partial charge in [0.2, 0.25) is 0 Å². The van der Waals surface area contributed by atoms with Crippen molar-refractivity contribution < 1.29 is 33.4 Å². The molecule has 1 heterocycles. The van der Waals surface area contributed by atoms with Gasteiger partial charge in [-0.3, -0.25) is 14.5 Å². The Morgan fingerprint density at radius 3 is 2.60 bits per heavy atom. The van der Waals surface area contributed by atoms with Crippen LogP contribution in [0.1, 0.15) is 11.1 Å². The minimum atomic E-state index is -1.42. The molecule has 30 heavy (non-hydrogen) atoms. The molecule has 2 amide bonds. The second-order valence-corrected chi connectivity index (χ2v) is 7.49. The lowest BCUT2D eigenvalue weighted by atomic mass is 10.1. The fourth-order valence-electron chi connectivity index (χ4n) is 2.65. The number of amides is 2. The van der Waals surface area contributed by atoms with Crippen molar-refractivity contribution in [2.75, 3.05) is 13.7 Å². The Balaban J connectivity index is 1.83. The standard InChI is InChI=1S/C20H15ClFNO6S/c1-28-15-7-12(6-14(21)18(15)29-10-17(24)25)8-16-19(26)23(20(27)30-16)9-11-2-4-13(22)5-3-11/h2-8H,9-10H2,1H3,(H,24,25)/p-1/b16-8-. The average molecular weight is 451 g/mol. The Kier molecular flexibility index (Phi) is 6.63. The summed E-state index contributed by atoms with van der Waals surface area (Å²) in [5, 5.41) is 10.2. The maximum Gasteiger partial charge on any atom is 0.293 e. The Bertz CT molecular complexity index is 1040. The van der Waals surface area contributed by atoms with Gasteiger partial charge in [0.15, 0.2) is 11.5 Å². The maximum absolute atomic E-state index is 13.0. The van der Waals surface area contributed by atoms with E-state index in [2.05, 4.69) is 0 Å². The molecule has 0 aliphatic carbocycles. The number of carbonyl (C=O) groups excluding carboxylic acids is 3. The van der Waals surface area contributed by atoms with Crippen molar-refractivity contribution in [1.82, 2.24) is 4.90 Å². The molecular weight excluding hydrogens is 437 g/mol. The van der Waals surface area contributed by atoms with Crippen LogP contribution in [0, 0.1) is 5.82 Å². The predicted octanol–water partition coefficient (Wildman–Crippen LogP) is 2.85. The van der Waals surface area contributed by atoms with Crippen LogP contribution in [0.5, 0.6) is 11.5 Å². The first-order chi connectivity index (χ1) is 14.3. The number of benzene rings is 2. The Morgan fingerprint density at radius 1 is 1.27 bits per heavy atom. The molecule has 156 valence electrons. The zero-order chi connectivity index (χ0) is 21.8. The first-order valence-electron chi connectivity index (χ1n) is 8.48. The number of thioether (sulfide) groups is 1. The van der Waals surface area contributed by atoms with Crippen molar-refractivity contribution >= 4 is 46.6 Å². The van der Waals surface area contributed by atoms with Gasteiger partial charge in [0.05, 0.1) is 29.6 Å². The molecule has 0 atom stereocenters. The number of nitrogens with zero attached hydrogens (tertiary/aromatic N) is 1. The van der Waals surface area contributed by atoms with Crippen LogP contribution < -0.4 is 14.6 Å². The van der Waals surface area contributed by atoms with Gasteiger partial charge in [-0.15, -0.1) is 0 Å². The van der Waals surface area contributed by atoms with E-state index in [4.69, 9.17) is 21.1 Å². The molecule has 10 heteroatoms. The van der Waals surface area contributed by atoms with E-state index in [9.17, 15) is 23.9 Å². The van der Waals surface area contributed by atoms with Crippen molar-refractivity contribution in [2.45, 2.75) is 6.54 Å². The lowest BCUT2D eigenvalue weighted by Crippen LogP contribution is -2.29. The summed E-state index contributed by atoms with van der Waals surface area (Å²) in [6.07, 6.45) is 1.46. The molecule has 7 nitrogen and oxygen atoms in total. The van der Waals surface area contributed by atoms with Crippen molar-refractivity contribution in [3.63, 3.8) is 0 Å². The molecule has 0 unspecified atom stereocenters. The molecule has 0 N–H and O–H groups in total. The van der Waals surface area contributed by atoms with Crippen LogP contribution in [0.15, 0.2) is 41.3 Å². The van der Waals surface area contributed by atoms with E-state index >= 15 is 0 Å². The molecule has 1 aliphatic heterocycles. The number of carboxylic acid groups (broad SMARTS) is 1. The summed E-state index contributed by atoms with van der Waals surface area (Å²) in [7, 11) is 1.35. The summed E-state index contributed by atoms with van der Waals surface area (Å²) >= 11 is 6.91. The Hall–Kier alpha value is -3.04. The van der Waals surface area contributed by atoms with Crippen LogP contribution in [-0.2, 0) is 16.1 Å². The third kappa shape index (κ3) is 4.92. The molecule has 2 aromatic rings. The summed E-state index contributed by atoms with van der Waals surface area (Å²) in [5.41, 5.74) is 1.06. The minimum Gasteiger partial charge on any atom is -0.546 e. The number of aliphatic carboxylic acids is 1. The van der Waals surface area contributed by atoms with Crippen LogP contribution in [0.3, 0.4) is 0 Å². The van der Waals surface area contributed by atoms with Gasteiger partial charge in [-0.05, 0) is 53.2 Å². The van der Waals surface area contributed by atoms with E-state index in [-0.39, 0.29) is 28.0 Å². The van der Waals surface area contributed by atoms with Crippen molar-refractivity contribution in [1.29, 1.82) is 0 Å². The smallest absolute Gasteiger partial charge is 0.293 e. The summed E-state index contributed by atoms with van der Waals surface area (Å²) in [6, 6.07) is 8.44. The number of carboxylic acids is 1. The summed E-state index contributed by atoms with van der Waals surface area (Å²) in [6.45, 7) is -0.694. The molecule has 1 fully saturated rings. The molecule has 0 aromatic heterocycles. The zero-order valence-electron chi connectivity index (χ0n) is 15.5. The second-order valence-electron chi connectivity index (χ2n) is 6.09. The summed E-state index contributed by atoms with van der Waals surface area (Å²) < 4.78 is 23.3. The van der Waals surface area contributed by atoms with Crippen LogP contribution in [0.2, 0.25) is 5.02 Å². The molecule has 2 aromatic carbocycles. The number of methoxy groups -OCH3 is 1. The monoisotopic (exact) mass is 450 g/mol. The van der Waals surface area contributed by atoms with Crippen LogP contribution in [0.25, 0.3) is 6.08 Å². The highest BCUT2D eigenvalue weighted by atomic mass is 35.5. The number of carbonyl (C=O) groups is 3. The quantitative estimate of drug-likeness (QED) is 0.598. The normalized spacial score (nSPS) is 15.0. The summed E-state index contributed by atoms with van der Waals surface area (Å²) in [5.74, 6) is -2.16. The lowest BCUT2D eigenvalue weighted by Gasteiger charge is -2.14. The number of imide groups is 1. The largest absolute Gasteiger partial charge is 0.546 e. The van der Waals surface area contributed by atoms with Gasteiger partial charge in [0.25, 0.3) is 11.1 Å². The van der Waals surface area contributed by atoms with Gasteiger partial charge in [0.1, 0.15) is 12.4 Å². The SMILES string of the molecule is COc1cc(/C=C2\SC(=O)N(Cc3ccc(F)cc3)C2=O)cc(Cl)c1OCC(=O)[O-]. The number of hydrogen-bond donors (Lipinski definition) is 0. The highest BCUT2D eigenvalue weighted by Gasteiger charge is 2.35. The van der Waals surface area contributed by atoms with Gasteiger partial charge in [0, 0.05) is 0 Å². The first kappa shape index (κ1) is 21.7. The third-order valence-electron chi connectivity index (χ3n) is 4.01. The fourth-order valence-corrected chi connectivity index (χ4v) is 3.77. The van der Waals surface area contributed by atoms with Crippen molar-refractivity contribution in [3.8, 4) is 11.5 Å². The Morgan fingerprint density at radius 2 is 1.97 bits per heavy atom. The number of hydrogen-bond acceptors (Lipinski definition) is 7. The van der Waals surface area contributed by atoms with Crippen molar-refractivity contribution in [2.24, 2.45) is 0 Å². The van der Waals surface area contributed by atoms with E-state index in [0.717, 1.165) is 16.7 Å². The van der Waals surface area contributed by atoms with E-state index in [1.807, 2.05) is 0 Å². The molecule has 0 bridgehead atoms. The molecular formula is C20H14ClFNO6S-. The number of rotatable bonds is 7. The van der Waals surface area contributed by atoms with Gasteiger partial charge in [-0.1, -0.05) is 23.7 Å². The van der Waals surface area contributed by atoms with Crippen LogP contribution >= 0.6 is 23.4 Å². The number of ether oxygens (including phenoxy) is 2. The Labute approximate surface area is 180 Å². The van der Waals surface area contributed by atoms with Crippen molar-refractivity contribution in [3.05, 3.63) is 63.3 Å². The van der Waals surface area contributed by atoms with Gasteiger partial charge >= 0.3 is 0 Å². The van der Waals surface area contributed by atoms with Crippen LogP contribution in [-0.4, -0.2) is 35.7 Å². The zero-order valence-corrected chi connectivity index (χ0v) is 17.1. The van der Waals surface area contributed by atoms with Crippen LogP contribution in [0.4, 0.5) is 9.18 Å². The van der Waals surface area contributed by atoms with E-state index in [1.54, 1.807) is 0 Å². The molecule has 0 saturated carbocycles. The lowest BCUT2D eigenvalue weighted by molar-refractivity contribution is -0.307. The van der Waals surface area contributed by atoms with E-state index in [0.29, 0.717) is 11.1 Å². The number of halogens is 2. The summed E-state index contributed by atoms with van der Waals surface area (Å²) in [4.78, 5) is 36.8. The van der Waals surface area contributed by atoms with Gasteiger partial charge in [-0.2, -0.15) is 0 Å². The molecule has 0 spiro atoms. The van der Waals surface area contributed by atoms with E-state index in [1.165, 1.54) is 49.6 Å². The average Bonchev–Trinajstić information content (AvgIpc) is 2.95. The molecule has 1 aliphatic rings. The first-order valence-corrected chi connectivity index (χ1v) is 9.68. The highest BCUT2D eigenvalue weighted by Crippen LogP contribution is 2.39. The highest BCUT2D eigenvalue weighted by molar-refractivity contribution is 8.18. The van der Waals surface area contributed by atoms with E-state index < -0.39 is 29.5 Å².